The van der Waals surface area contributed by atoms with Crippen molar-refractivity contribution >= 4 is 17.5 Å². The molecule has 0 aliphatic heterocycles. The molecule has 0 spiro atoms. The van der Waals surface area contributed by atoms with Gasteiger partial charge in [-0.05, 0) is 32.0 Å². The van der Waals surface area contributed by atoms with Crippen LogP contribution < -0.4 is 10.6 Å². The van der Waals surface area contributed by atoms with Crippen LogP contribution in [0.3, 0.4) is 0 Å². The van der Waals surface area contributed by atoms with Gasteiger partial charge in [0, 0.05) is 5.69 Å². The standard InChI is InChI=1S/C16H22F3N3O2/c1-4-12-7-5-6-8-13(12)21-14(23)9-22(3)11(2)15(24)20-10-16(17,18)19/h5-8,11H,4,9-10H2,1-3H3,(H,20,24)(H,21,23). The topological polar surface area (TPSA) is 61.4 Å². The van der Waals surface area contributed by atoms with Crippen LogP contribution >= 0.6 is 0 Å². The van der Waals surface area contributed by atoms with E-state index in [2.05, 4.69) is 5.32 Å². The van der Waals surface area contributed by atoms with Gasteiger partial charge in [0.05, 0.1) is 12.6 Å². The quantitative estimate of drug-likeness (QED) is 0.796. The molecule has 0 aliphatic carbocycles. The highest BCUT2D eigenvalue weighted by molar-refractivity contribution is 5.93. The Balaban J connectivity index is 2.55. The number of alkyl halides is 3. The molecule has 0 bridgehead atoms. The summed E-state index contributed by atoms with van der Waals surface area (Å²) in [5, 5.41) is 4.56. The molecule has 2 N–H and O–H groups in total. The van der Waals surface area contributed by atoms with Crippen molar-refractivity contribution in [1.29, 1.82) is 0 Å². The first kappa shape index (κ1) is 20.0. The summed E-state index contributed by atoms with van der Waals surface area (Å²) in [6.45, 7) is 1.90. The average molecular weight is 345 g/mol. The molecule has 0 radical (unpaired) electrons. The summed E-state index contributed by atoms with van der Waals surface area (Å²) in [6.07, 6.45) is -3.71. The van der Waals surface area contributed by atoms with Gasteiger partial charge in [-0.15, -0.1) is 0 Å². The molecule has 0 saturated heterocycles. The van der Waals surface area contributed by atoms with Crippen molar-refractivity contribution in [1.82, 2.24) is 10.2 Å². The molecule has 134 valence electrons. The van der Waals surface area contributed by atoms with Gasteiger partial charge in [-0.2, -0.15) is 13.2 Å². The Morgan fingerprint density at radius 2 is 1.88 bits per heavy atom. The van der Waals surface area contributed by atoms with Gasteiger partial charge in [0.2, 0.25) is 11.8 Å². The molecule has 24 heavy (non-hydrogen) atoms. The Labute approximate surface area is 139 Å². The van der Waals surface area contributed by atoms with E-state index < -0.39 is 24.7 Å². The van der Waals surface area contributed by atoms with Crippen LogP contribution in [-0.4, -0.2) is 49.1 Å². The van der Waals surface area contributed by atoms with Gasteiger partial charge in [0.1, 0.15) is 6.54 Å². The molecule has 1 rings (SSSR count). The number of halogens is 3. The van der Waals surface area contributed by atoms with Gasteiger partial charge in [-0.1, -0.05) is 25.1 Å². The summed E-state index contributed by atoms with van der Waals surface area (Å²) in [5.41, 5.74) is 1.66. The monoisotopic (exact) mass is 345 g/mol. The molecule has 0 heterocycles. The third-order valence-electron chi connectivity index (χ3n) is 3.57. The SMILES string of the molecule is CCc1ccccc1NC(=O)CN(C)C(C)C(=O)NCC(F)(F)F. The number of benzene rings is 1. The van der Waals surface area contributed by atoms with Crippen LogP contribution in [-0.2, 0) is 16.0 Å². The molecule has 5 nitrogen and oxygen atoms in total. The van der Waals surface area contributed by atoms with Gasteiger partial charge in [-0.3, -0.25) is 14.5 Å². The normalized spacial score (nSPS) is 12.8. The molecule has 1 aromatic rings. The van der Waals surface area contributed by atoms with E-state index in [0.717, 1.165) is 12.0 Å². The van der Waals surface area contributed by atoms with Gasteiger partial charge >= 0.3 is 6.18 Å². The zero-order valence-corrected chi connectivity index (χ0v) is 13.9. The molecule has 0 saturated carbocycles. The van der Waals surface area contributed by atoms with E-state index in [1.807, 2.05) is 24.4 Å². The summed E-state index contributed by atoms with van der Waals surface area (Å²) in [5.74, 6) is -1.12. The number of carbonyl (C=O) groups excluding carboxylic acids is 2. The van der Waals surface area contributed by atoms with Gasteiger partial charge in [0.15, 0.2) is 0 Å². The number of carbonyl (C=O) groups is 2. The summed E-state index contributed by atoms with van der Waals surface area (Å²) in [7, 11) is 1.50. The van der Waals surface area contributed by atoms with E-state index in [1.165, 1.54) is 18.9 Å². The minimum atomic E-state index is -4.46. The first-order valence-electron chi connectivity index (χ1n) is 7.56. The second-order valence-corrected chi connectivity index (χ2v) is 5.48. The second kappa shape index (κ2) is 8.68. The zero-order chi connectivity index (χ0) is 18.3. The van der Waals surface area contributed by atoms with Crippen molar-refractivity contribution in [2.24, 2.45) is 0 Å². The number of hydrogen-bond donors (Lipinski definition) is 2. The van der Waals surface area contributed by atoms with Crippen LogP contribution in [0.2, 0.25) is 0 Å². The van der Waals surface area contributed by atoms with E-state index in [9.17, 15) is 22.8 Å². The first-order valence-corrected chi connectivity index (χ1v) is 7.56. The molecule has 2 amide bonds. The highest BCUT2D eigenvalue weighted by atomic mass is 19.4. The summed E-state index contributed by atoms with van der Waals surface area (Å²) >= 11 is 0. The van der Waals surface area contributed by atoms with E-state index in [4.69, 9.17) is 0 Å². The Morgan fingerprint density at radius 1 is 1.25 bits per heavy atom. The predicted octanol–water partition coefficient (Wildman–Crippen LogP) is 2.19. The molecule has 0 fully saturated rings. The fourth-order valence-electron chi connectivity index (χ4n) is 2.04. The number of nitrogens with zero attached hydrogens (tertiary/aromatic N) is 1. The third kappa shape index (κ3) is 6.57. The summed E-state index contributed by atoms with van der Waals surface area (Å²) < 4.78 is 36.3. The largest absolute Gasteiger partial charge is 0.405 e. The van der Waals surface area contributed by atoms with Gasteiger partial charge in [0.25, 0.3) is 0 Å². The van der Waals surface area contributed by atoms with Gasteiger partial charge < -0.3 is 10.6 Å². The molecular formula is C16H22F3N3O2. The molecule has 1 aromatic carbocycles. The van der Waals surface area contributed by atoms with Crippen LogP contribution in [0.25, 0.3) is 0 Å². The van der Waals surface area contributed by atoms with Crippen molar-refractivity contribution in [2.45, 2.75) is 32.5 Å². The lowest BCUT2D eigenvalue weighted by Crippen LogP contribution is -2.47. The summed E-state index contributed by atoms with van der Waals surface area (Å²) in [6, 6.07) is 6.47. The van der Waals surface area contributed by atoms with E-state index >= 15 is 0 Å². The van der Waals surface area contributed by atoms with Crippen molar-refractivity contribution in [3.8, 4) is 0 Å². The van der Waals surface area contributed by atoms with Crippen LogP contribution in [0, 0.1) is 0 Å². The second-order valence-electron chi connectivity index (χ2n) is 5.48. The lowest BCUT2D eigenvalue weighted by Gasteiger charge is -2.23. The smallest absolute Gasteiger partial charge is 0.346 e. The summed E-state index contributed by atoms with van der Waals surface area (Å²) in [4.78, 5) is 25.1. The fourth-order valence-corrected chi connectivity index (χ4v) is 2.04. The van der Waals surface area contributed by atoms with Crippen molar-refractivity contribution in [2.75, 3.05) is 25.5 Å². The van der Waals surface area contributed by atoms with Crippen LogP contribution in [0.5, 0.6) is 0 Å². The number of aryl methyl sites for hydroxylation is 1. The molecular weight excluding hydrogens is 323 g/mol. The number of para-hydroxylation sites is 1. The number of hydrogen-bond acceptors (Lipinski definition) is 3. The van der Waals surface area contributed by atoms with Crippen LogP contribution in [0.4, 0.5) is 18.9 Å². The van der Waals surface area contributed by atoms with Crippen LogP contribution in [0.1, 0.15) is 19.4 Å². The fraction of sp³-hybridized carbons (Fsp3) is 0.500. The Morgan fingerprint density at radius 3 is 2.46 bits per heavy atom. The Hall–Kier alpha value is -2.09. The lowest BCUT2D eigenvalue weighted by atomic mass is 10.1. The third-order valence-corrected chi connectivity index (χ3v) is 3.57. The number of amides is 2. The van der Waals surface area contributed by atoms with E-state index in [1.54, 1.807) is 12.1 Å². The number of anilines is 1. The van der Waals surface area contributed by atoms with Crippen LogP contribution in [0.15, 0.2) is 24.3 Å². The number of nitrogens with one attached hydrogen (secondary N) is 2. The Kier molecular flexibility index (Phi) is 7.21. The molecule has 8 heteroatoms. The maximum Gasteiger partial charge on any atom is 0.405 e. The molecule has 0 aromatic heterocycles. The Bertz CT molecular complexity index is 576. The predicted molar refractivity (Wildman–Crippen MR) is 85.6 cm³/mol. The highest BCUT2D eigenvalue weighted by Gasteiger charge is 2.29. The van der Waals surface area contributed by atoms with Crippen molar-refractivity contribution < 1.29 is 22.8 Å². The minimum Gasteiger partial charge on any atom is -0.346 e. The minimum absolute atomic E-state index is 0.112. The van der Waals surface area contributed by atoms with E-state index in [0.29, 0.717) is 5.69 Å². The first-order chi connectivity index (χ1) is 11.1. The number of likely N-dealkylation sites (N-methyl/N-ethyl adjacent to an activating group) is 1. The van der Waals surface area contributed by atoms with E-state index in [-0.39, 0.29) is 12.5 Å². The van der Waals surface area contributed by atoms with Crippen molar-refractivity contribution in [3.05, 3.63) is 29.8 Å². The number of rotatable bonds is 7. The average Bonchev–Trinajstić information content (AvgIpc) is 2.51. The van der Waals surface area contributed by atoms with Gasteiger partial charge in [-0.25, -0.2) is 0 Å². The molecule has 1 atom stereocenters. The zero-order valence-electron chi connectivity index (χ0n) is 13.9. The molecule has 1 unspecified atom stereocenters. The lowest BCUT2D eigenvalue weighted by molar-refractivity contribution is -0.141. The molecule has 0 aliphatic rings. The maximum atomic E-state index is 12.1. The highest BCUT2D eigenvalue weighted by Crippen LogP contribution is 2.15. The van der Waals surface area contributed by atoms with Crippen molar-refractivity contribution in [3.63, 3.8) is 0 Å². The maximum absolute atomic E-state index is 12.1.